The molecule has 0 aliphatic rings. The van der Waals surface area contributed by atoms with Crippen LogP contribution in [0.4, 0.5) is 0 Å². The highest BCUT2D eigenvalue weighted by molar-refractivity contribution is 5.74. The van der Waals surface area contributed by atoms with Gasteiger partial charge in [0.15, 0.2) is 0 Å². The van der Waals surface area contributed by atoms with Crippen molar-refractivity contribution < 1.29 is 62.1 Å². The summed E-state index contributed by atoms with van der Waals surface area (Å²) in [7, 11) is 0. The van der Waals surface area contributed by atoms with Crippen LogP contribution < -0.4 is 0 Å². The van der Waals surface area contributed by atoms with Crippen LogP contribution in [0.5, 0.6) is 0 Å². The predicted octanol–water partition coefficient (Wildman–Crippen LogP) is 6.40. The summed E-state index contributed by atoms with van der Waals surface area (Å²) in [6.45, 7) is 17.8. The summed E-state index contributed by atoms with van der Waals surface area (Å²) in [5.74, 6) is -9.10. The summed E-state index contributed by atoms with van der Waals surface area (Å²) < 4.78 is 61.8. The molecule has 0 aliphatic carbocycles. The minimum absolute atomic E-state index is 0.0403. The Morgan fingerprint density at radius 3 is 1.47 bits per heavy atom. The highest BCUT2D eigenvalue weighted by atomic mass is 16.9. The maximum absolute atomic E-state index is 14.7. The van der Waals surface area contributed by atoms with Crippen LogP contribution in [0, 0.1) is 5.92 Å². The highest BCUT2D eigenvalue weighted by Gasteiger charge is 2.65. The highest BCUT2D eigenvalue weighted by Crippen LogP contribution is 2.44. The maximum atomic E-state index is 14.7. The van der Waals surface area contributed by atoms with E-state index >= 15 is 0 Å². The monoisotopic (exact) mass is 682 g/mol. The van der Waals surface area contributed by atoms with Gasteiger partial charge in [-0.05, 0) is 74.1 Å². The average molecular weight is 683 g/mol. The van der Waals surface area contributed by atoms with E-state index in [0.717, 1.165) is 25.7 Å². The zero-order valence-electron chi connectivity index (χ0n) is 30.7. The van der Waals surface area contributed by atoms with Crippen LogP contribution in [0.15, 0.2) is 0 Å². The van der Waals surface area contributed by atoms with E-state index in [2.05, 4.69) is 13.8 Å². The fourth-order valence-corrected chi connectivity index (χ4v) is 5.21. The fraction of sp³-hybridized carbons (Fsp3) is 0.941. The summed E-state index contributed by atoms with van der Waals surface area (Å²) in [4.78, 5) is 26.4. The Labute approximate surface area is 283 Å². The Morgan fingerprint density at radius 2 is 1.04 bits per heavy atom. The normalized spacial score (nSPS) is 14.9. The standard InChI is InChI=1S/C34H66O13/c1-10-19-21-26-38-31(33(40-13-4,41-14-5)42-15-6)47-30(37)28(24-23-25-29(35)36)32(39-12-3,46-27-22-20-11-2)34(43-16-7,44-17-8)45-18-9/h28,31H,10-27H2,1-9H3,(H,35,36). The molecule has 0 bridgehead atoms. The van der Waals surface area contributed by atoms with E-state index < -0.39 is 41.9 Å². The van der Waals surface area contributed by atoms with Gasteiger partial charge in [0.1, 0.15) is 5.92 Å². The van der Waals surface area contributed by atoms with Crippen molar-refractivity contribution in [2.75, 3.05) is 59.5 Å². The topological polar surface area (TPSA) is 147 Å². The minimum Gasteiger partial charge on any atom is -0.481 e. The second kappa shape index (κ2) is 26.4. The number of unbranched alkanes of at least 4 members (excludes halogenated alkanes) is 4. The lowest BCUT2D eigenvalue weighted by molar-refractivity contribution is -0.506. The Kier molecular flexibility index (Phi) is 25.6. The number of carboxylic acid groups (broad SMARTS) is 1. The van der Waals surface area contributed by atoms with Crippen molar-refractivity contribution in [3.05, 3.63) is 0 Å². The number of carboxylic acids is 1. The van der Waals surface area contributed by atoms with Crippen molar-refractivity contribution >= 4 is 11.9 Å². The largest absolute Gasteiger partial charge is 0.481 e. The van der Waals surface area contributed by atoms with Crippen molar-refractivity contribution in [2.45, 2.75) is 144 Å². The molecule has 0 aromatic carbocycles. The lowest BCUT2D eigenvalue weighted by atomic mass is 9.89. The molecule has 0 aromatic rings. The molecule has 0 spiro atoms. The Morgan fingerprint density at radius 1 is 0.574 bits per heavy atom. The maximum Gasteiger partial charge on any atom is 0.349 e. The number of rotatable bonds is 33. The van der Waals surface area contributed by atoms with E-state index in [1.165, 1.54) is 0 Å². The van der Waals surface area contributed by atoms with Crippen molar-refractivity contribution in [1.82, 2.24) is 0 Å². The molecule has 0 saturated heterocycles. The van der Waals surface area contributed by atoms with Gasteiger partial charge in [-0.25, -0.2) is 0 Å². The Hall–Kier alpha value is -1.42. The van der Waals surface area contributed by atoms with Gasteiger partial charge >= 0.3 is 23.9 Å². The molecule has 0 saturated carbocycles. The molecular formula is C34H66O13. The molecule has 1 N–H and O–H groups in total. The summed E-state index contributed by atoms with van der Waals surface area (Å²) in [6, 6.07) is 0. The molecule has 0 heterocycles. The molecule has 3 unspecified atom stereocenters. The summed E-state index contributed by atoms with van der Waals surface area (Å²) in [5, 5.41) is 9.53. The first kappa shape index (κ1) is 45.6. The first-order chi connectivity index (χ1) is 22.6. The molecule has 280 valence electrons. The molecule has 3 atom stereocenters. The van der Waals surface area contributed by atoms with Gasteiger partial charge in [0.2, 0.25) is 0 Å². The Balaban J connectivity index is 7.43. The lowest BCUT2D eigenvalue weighted by Gasteiger charge is -2.50. The zero-order chi connectivity index (χ0) is 35.6. The van der Waals surface area contributed by atoms with Crippen LogP contribution in [-0.2, 0) is 57.0 Å². The van der Waals surface area contributed by atoms with Crippen LogP contribution in [0.1, 0.15) is 120 Å². The third kappa shape index (κ3) is 14.5. The van der Waals surface area contributed by atoms with Gasteiger partial charge in [-0.15, -0.1) is 0 Å². The number of hydrogen-bond donors (Lipinski definition) is 1. The molecule has 13 nitrogen and oxygen atoms in total. The molecule has 0 aliphatic heterocycles. The zero-order valence-corrected chi connectivity index (χ0v) is 30.7. The lowest BCUT2D eigenvalue weighted by Crippen LogP contribution is -2.68. The molecule has 0 radical (unpaired) electrons. The van der Waals surface area contributed by atoms with Gasteiger partial charge in [0.05, 0.1) is 13.2 Å². The van der Waals surface area contributed by atoms with Crippen LogP contribution in [0.3, 0.4) is 0 Å². The number of esters is 1. The fourth-order valence-electron chi connectivity index (χ4n) is 5.21. The molecule has 0 amide bonds. The van der Waals surface area contributed by atoms with E-state index in [-0.39, 0.29) is 78.7 Å². The van der Waals surface area contributed by atoms with Crippen LogP contribution in [-0.4, -0.2) is 101 Å². The van der Waals surface area contributed by atoms with E-state index in [4.69, 9.17) is 47.4 Å². The SMILES string of the molecule is CCCCCOC(OC(=O)C(CCCC(=O)O)C(OCC)(OCCCCC)C(OCC)(OCC)OCC)C(OCC)(OCC)OCC. The minimum atomic E-state index is -2.02. The molecule has 0 fully saturated rings. The smallest absolute Gasteiger partial charge is 0.349 e. The van der Waals surface area contributed by atoms with Gasteiger partial charge in [-0.3, -0.25) is 9.59 Å². The first-order valence-electron chi connectivity index (χ1n) is 17.8. The summed E-state index contributed by atoms with van der Waals surface area (Å²) in [5.41, 5.74) is 0. The third-order valence-electron chi connectivity index (χ3n) is 7.05. The molecule has 0 aromatic heterocycles. The number of hydrogen-bond acceptors (Lipinski definition) is 12. The predicted molar refractivity (Wildman–Crippen MR) is 175 cm³/mol. The van der Waals surface area contributed by atoms with Crippen molar-refractivity contribution in [1.29, 1.82) is 0 Å². The van der Waals surface area contributed by atoms with Crippen molar-refractivity contribution in [3.63, 3.8) is 0 Å². The second-order valence-corrected chi connectivity index (χ2v) is 10.6. The van der Waals surface area contributed by atoms with Crippen LogP contribution in [0.2, 0.25) is 0 Å². The molecule has 47 heavy (non-hydrogen) atoms. The number of carbonyl (C=O) groups excluding carboxylic acids is 1. The Bertz CT molecular complexity index is 762. The van der Waals surface area contributed by atoms with Gasteiger partial charge in [-0.1, -0.05) is 39.5 Å². The van der Waals surface area contributed by atoms with Gasteiger partial charge in [0, 0.05) is 52.7 Å². The van der Waals surface area contributed by atoms with Gasteiger partial charge in [0.25, 0.3) is 12.1 Å². The summed E-state index contributed by atoms with van der Waals surface area (Å²) >= 11 is 0. The number of aliphatic carboxylic acids is 1. The first-order valence-corrected chi connectivity index (χ1v) is 17.8. The van der Waals surface area contributed by atoms with Crippen LogP contribution in [0.25, 0.3) is 0 Å². The quantitative estimate of drug-likeness (QED) is 0.0463. The second-order valence-electron chi connectivity index (χ2n) is 10.6. The van der Waals surface area contributed by atoms with E-state index in [1.54, 1.807) is 48.5 Å². The van der Waals surface area contributed by atoms with Crippen molar-refractivity contribution in [3.8, 4) is 0 Å². The van der Waals surface area contributed by atoms with E-state index in [9.17, 15) is 14.7 Å². The molecule has 13 heteroatoms. The third-order valence-corrected chi connectivity index (χ3v) is 7.05. The van der Waals surface area contributed by atoms with E-state index in [0.29, 0.717) is 12.8 Å². The van der Waals surface area contributed by atoms with Crippen LogP contribution >= 0.6 is 0 Å². The molecule has 0 rings (SSSR count). The summed E-state index contributed by atoms with van der Waals surface area (Å²) in [6.07, 6.45) is 3.32. The number of ether oxygens (including phenoxy) is 10. The van der Waals surface area contributed by atoms with Gasteiger partial charge < -0.3 is 52.5 Å². The number of carbonyl (C=O) groups is 2. The van der Waals surface area contributed by atoms with E-state index in [1.807, 2.05) is 0 Å². The average Bonchev–Trinajstić information content (AvgIpc) is 3.03. The van der Waals surface area contributed by atoms with Crippen molar-refractivity contribution in [2.24, 2.45) is 5.92 Å². The molecular weight excluding hydrogens is 616 g/mol. The van der Waals surface area contributed by atoms with Gasteiger partial charge in [-0.2, -0.15) is 0 Å².